The van der Waals surface area contributed by atoms with Crippen LogP contribution in [0.5, 0.6) is 0 Å². The Kier molecular flexibility index (Phi) is 4.87. The standard InChI is InChI=1S/C11H14INO2/c1-8(9-6-4-3-5-7-9)10(12)13-11(14)15-2/h3-8,10H,1-2H3,(H,13,14). The molecule has 0 aliphatic rings. The van der Waals surface area contributed by atoms with Gasteiger partial charge < -0.3 is 10.1 Å². The molecule has 0 radical (unpaired) electrons. The van der Waals surface area contributed by atoms with E-state index in [0.717, 1.165) is 0 Å². The average molecular weight is 319 g/mol. The third-order valence-electron chi connectivity index (χ3n) is 2.21. The zero-order valence-corrected chi connectivity index (χ0v) is 10.9. The van der Waals surface area contributed by atoms with Crippen LogP contribution in [0.4, 0.5) is 4.79 Å². The molecule has 2 unspecified atom stereocenters. The fourth-order valence-corrected chi connectivity index (χ4v) is 1.89. The van der Waals surface area contributed by atoms with Crippen LogP contribution < -0.4 is 5.32 Å². The van der Waals surface area contributed by atoms with Crippen LogP contribution in [-0.2, 0) is 4.74 Å². The number of carbonyl (C=O) groups is 1. The number of alkyl carbamates (subject to hydrolysis) is 1. The Morgan fingerprint density at radius 3 is 2.53 bits per heavy atom. The van der Waals surface area contributed by atoms with Gasteiger partial charge in [-0.1, -0.05) is 59.8 Å². The van der Waals surface area contributed by atoms with Crippen molar-refractivity contribution in [3.8, 4) is 0 Å². The molecule has 1 rings (SSSR count). The molecule has 2 atom stereocenters. The van der Waals surface area contributed by atoms with Gasteiger partial charge in [-0.3, -0.25) is 0 Å². The van der Waals surface area contributed by atoms with E-state index >= 15 is 0 Å². The van der Waals surface area contributed by atoms with Crippen molar-refractivity contribution >= 4 is 28.7 Å². The predicted molar refractivity (Wildman–Crippen MR) is 68.2 cm³/mol. The lowest BCUT2D eigenvalue weighted by Crippen LogP contribution is -2.33. The molecule has 0 spiro atoms. The Labute approximate surface area is 103 Å². The number of amides is 1. The first-order valence-corrected chi connectivity index (χ1v) is 5.93. The molecule has 0 aliphatic heterocycles. The van der Waals surface area contributed by atoms with Gasteiger partial charge in [0.05, 0.1) is 11.2 Å². The van der Waals surface area contributed by atoms with Gasteiger partial charge in [0.15, 0.2) is 0 Å². The molecule has 15 heavy (non-hydrogen) atoms. The highest BCUT2D eigenvalue weighted by Gasteiger charge is 2.17. The maximum Gasteiger partial charge on any atom is 0.407 e. The lowest BCUT2D eigenvalue weighted by atomic mass is 10.0. The fraction of sp³-hybridized carbons (Fsp3) is 0.364. The molecule has 0 aliphatic carbocycles. The molecule has 4 heteroatoms. The molecule has 1 aromatic rings. The van der Waals surface area contributed by atoms with Gasteiger partial charge in [-0.15, -0.1) is 0 Å². The topological polar surface area (TPSA) is 38.3 Å². The van der Waals surface area contributed by atoms with Gasteiger partial charge in [-0.05, 0) is 5.56 Å². The van der Waals surface area contributed by atoms with E-state index in [1.807, 2.05) is 18.2 Å². The van der Waals surface area contributed by atoms with Gasteiger partial charge in [-0.25, -0.2) is 4.79 Å². The van der Waals surface area contributed by atoms with Gasteiger partial charge in [0, 0.05) is 5.92 Å². The van der Waals surface area contributed by atoms with E-state index in [1.54, 1.807) is 0 Å². The first-order chi connectivity index (χ1) is 7.15. The lowest BCUT2D eigenvalue weighted by Gasteiger charge is -2.19. The number of hydrogen-bond acceptors (Lipinski definition) is 2. The van der Waals surface area contributed by atoms with Crippen LogP contribution in [-0.4, -0.2) is 17.3 Å². The molecule has 0 heterocycles. The van der Waals surface area contributed by atoms with Crippen LogP contribution in [0.2, 0.25) is 0 Å². The summed E-state index contributed by atoms with van der Waals surface area (Å²) in [5.74, 6) is 0.255. The Morgan fingerprint density at radius 1 is 1.40 bits per heavy atom. The van der Waals surface area contributed by atoms with Crippen LogP contribution >= 0.6 is 22.6 Å². The van der Waals surface area contributed by atoms with Crippen molar-refractivity contribution in [2.45, 2.75) is 16.9 Å². The summed E-state index contributed by atoms with van der Waals surface area (Å²) in [7, 11) is 1.37. The van der Waals surface area contributed by atoms with Crippen LogP contribution in [0.3, 0.4) is 0 Å². The first kappa shape index (κ1) is 12.3. The second kappa shape index (κ2) is 5.95. The van der Waals surface area contributed by atoms with Crippen molar-refractivity contribution in [3.05, 3.63) is 35.9 Å². The molecule has 0 saturated carbocycles. The second-order valence-corrected chi connectivity index (χ2v) is 4.58. The summed E-state index contributed by atoms with van der Waals surface area (Å²) in [5, 5.41) is 2.75. The SMILES string of the molecule is COC(=O)NC(I)C(C)c1ccccc1. The highest BCUT2D eigenvalue weighted by atomic mass is 127. The first-order valence-electron chi connectivity index (χ1n) is 4.68. The minimum absolute atomic E-state index is 0.0254. The Morgan fingerprint density at radius 2 is 2.00 bits per heavy atom. The minimum Gasteiger partial charge on any atom is -0.453 e. The number of ether oxygens (including phenoxy) is 1. The Hall–Kier alpha value is -0.780. The van der Waals surface area contributed by atoms with Crippen molar-refractivity contribution in [3.63, 3.8) is 0 Å². The third kappa shape index (κ3) is 3.70. The summed E-state index contributed by atoms with van der Waals surface area (Å²) >= 11 is 2.20. The van der Waals surface area contributed by atoms with Gasteiger partial charge >= 0.3 is 6.09 Å². The third-order valence-corrected chi connectivity index (χ3v) is 3.60. The number of carbonyl (C=O) groups excluding carboxylic acids is 1. The molecular formula is C11H14INO2. The van der Waals surface area contributed by atoms with Gasteiger partial charge in [0.2, 0.25) is 0 Å². The summed E-state index contributed by atoms with van der Waals surface area (Å²) in [6.45, 7) is 2.07. The van der Waals surface area contributed by atoms with E-state index in [9.17, 15) is 4.79 Å². The van der Waals surface area contributed by atoms with E-state index in [4.69, 9.17) is 0 Å². The molecule has 1 amide bonds. The van der Waals surface area contributed by atoms with Gasteiger partial charge in [-0.2, -0.15) is 0 Å². The monoisotopic (exact) mass is 319 g/mol. The molecule has 0 fully saturated rings. The summed E-state index contributed by atoms with van der Waals surface area (Å²) < 4.78 is 4.58. The van der Waals surface area contributed by atoms with Crippen molar-refractivity contribution in [1.82, 2.24) is 5.32 Å². The van der Waals surface area contributed by atoms with E-state index in [1.165, 1.54) is 12.7 Å². The molecule has 1 N–H and O–H groups in total. The lowest BCUT2D eigenvalue weighted by molar-refractivity contribution is 0.170. The largest absolute Gasteiger partial charge is 0.453 e. The summed E-state index contributed by atoms with van der Waals surface area (Å²) in [5.41, 5.74) is 1.20. The van der Waals surface area contributed by atoms with Crippen LogP contribution in [0.15, 0.2) is 30.3 Å². The average Bonchev–Trinajstić information content (AvgIpc) is 2.29. The molecule has 0 saturated heterocycles. The quantitative estimate of drug-likeness (QED) is 0.528. The molecule has 0 aromatic heterocycles. The number of alkyl halides is 1. The van der Waals surface area contributed by atoms with Crippen molar-refractivity contribution in [1.29, 1.82) is 0 Å². The molecule has 1 aromatic carbocycles. The number of rotatable bonds is 3. The maximum absolute atomic E-state index is 11.0. The fourth-order valence-electron chi connectivity index (χ4n) is 1.22. The van der Waals surface area contributed by atoms with E-state index in [2.05, 4.69) is 51.7 Å². The van der Waals surface area contributed by atoms with E-state index < -0.39 is 6.09 Å². The predicted octanol–water partition coefficient (Wildman–Crippen LogP) is 2.91. The van der Waals surface area contributed by atoms with Crippen LogP contribution in [0, 0.1) is 0 Å². The number of halogens is 1. The number of methoxy groups -OCH3 is 1. The summed E-state index contributed by atoms with van der Waals surface area (Å²) in [4.78, 5) is 11.0. The van der Waals surface area contributed by atoms with E-state index in [0.29, 0.717) is 0 Å². The van der Waals surface area contributed by atoms with Crippen LogP contribution in [0.1, 0.15) is 18.4 Å². The van der Waals surface area contributed by atoms with Crippen LogP contribution in [0.25, 0.3) is 0 Å². The summed E-state index contributed by atoms with van der Waals surface area (Å²) in [6.07, 6.45) is -0.391. The second-order valence-electron chi connectivity index (χ2n) is 3.24. The maximum atomic E-state index is 11.0. The zero-order chi connectivity index (χ0) is 11.3. The van der Waals surface area contributed by atoms with Crippen molar-refractivity contribution in [2.24, 2.45) is 0 Å². The van der Waals surface area contributed by atoms with Gasteiger partial charge in [0.1, 0.15) is 0 Å². The number of benzene rings is 1. The van der Waals surface area contributed by atoms with E-state index in [-0.39, 0.29) is 9.97 Å². The molecule has 82 valence electrons. The highest BCUT2D eigenvalue weighted by molar-refractivity contribution is 14.1. The van der Waals surface area contributed by atoms with Crippen molar-refractivity contribution < 1.29 is 9.53 Å². The molecular weight excluding hydrogens is 305 g/mol. The number of nitrogens with one attached hydrogen (secondary N) is 1. The number of hydrogen-bond donors (Lipinski definition) is 1. The minimum atomic E-state index is -0.391. The Bertz CT molecular complexity index is 316. The highest BCUT2D eigenvalue weighted by Crippen LogP contribution is 2.22. The smallest absolute Gasteiger partial charge is 0.407 e. The van der Waals surface area contributed by atoms with Crippen molar-refractivity contribution in [2.75, 3.05) is 7.11 Å². The normalized spacial score (nSPS) is 14.1. The zero-order valence-electron chi connectivity index (χ0n) is 8.74. The molecule has 0 bridgehead atoms. The van der Waals surface area contributed by atoms with Gasteiger partial charge in [0.25, 0.3) is 0 Å². The summed E-state index contributed by atoms with van der Waals surface area (Å²) in [6, 6.07) is 10.1. The molecule has 3 nitrogen and oxygen atoms in total. The Balaban J connectivity index is 2.61.